The van der Waals surface area contributed by atoms with Crippen LogP contribution in [-0.2, 0) is 9.53 Å². The molecule has 1 aromatic heterocycles. The zero-order chi connectivity index (χ0) is 17.7. The first-order valence-electron chi connectivity index (χ1n) is 7.15. The van der Waals surface area contributed by atoms with Crippen molar-refractivity contribution in [3.63, 3.8) is 0 Å². The van der Waals surface area contributed by atoms with Gasteiger partial charge in [0.2, 0.25) is 0 Å². The first kappa shape index (κ1) is 18.3. The van der Waals surface area contributed by atoms with Crippen LogP contribution in [0.1, 0.15) is 24.3 Å². The molecule has 1 aromatic carbocycles. The van der Waals surface area contributed by atoms with Gasteiger partial charge < -0.3 is 15.2 Å². The van der Waals surface area contributed by atoms with Crippen molar-refractivity contribution in [2.75, 3.05) is 6.61 Å². The molecule has 4 nitrogen and oxygen atoms in total. The van der Waals surface area contributed by atoms with Crippen LogP contribution in [0.15, 0.2) is 36.4 Å². The molecule has 1 heterocycles. The van der Waals surface area contributed by atoms with Crippen molar-refractivity contribution in [1.29, 1.82) is 0 Å². The highest BCUT2D eigenvalue weighted by Crippen LogP contribution is 2.34. The predicted molar refractivity (Wildman–Crippen MR) is 84.6 cm³/mol. The van der Waals surface area contributed by atoms with Crippen LogP contribution in [0.4, 0.5) is 13.2 Å². The van der Waals surface area contributed by atoms with Crippen LogP contribution in [0.2, 0.25) is 0 Å². The predicted octanol–water partition coefficient (Wildman–Crippen LogP) is 4.27. The van der Waals surface area contributed by atoms with Crippen LogP contribution in [0.3, 0.4) is 0 Å². The Hall–Kier alpha value is -2.06. The summed E-state index contributed by atoms with van der Waals surface area (Å²) in [6, 6.07) is 8.68. The fourth-order valence-corrected chi connectivity index (χ4v) is 3.06. The number of hydrogen-bond donors (Lipinski definition) is 1. The molecule has 1 unspecified atom stereocenters. The summed E-state index contributed by atoms with van der Waals surface area (Å²) in [6.07, 6.45) is -4.69. The van der Waals surface area contributed by atoms with Crippen molar-refractivity contribution in [2.24, 2.45) is 5.73 Å². The Morgan fingerprint density at radius 3 is 2.71 bits per heavy atom. The topological polar surface area (TPSA) is 61.5 Å². The number of alkyl halides is 3. The van der Waals surface area contributed by atoms with E-state index in [1.54, 1.807) is 25.1 Å². The SMILES string of the molecule is CCOC(=O)CC(N)c1ccc(-c2cccc(OC(F)(F)F)c2)s1. The van der Waals surface area contributed by atoms with E-state index in [0.29, 0.717) is 5.56 Å². The minimum atomic E-state index is -4.73. The molecule has 24 heavy (non-hydrogen) atoms. The second-order valence-electron chi connectivity index (χ2n) is 4.89. The maximum absolute atomic E-state index is 12.3. The lowest BCUT2D eigenvalue weighted by Gasteiger charge is -2.10. The lowest BCUT2D eigenvalue weighted by molar-refractivity contribution is -0.274. The van der Waals surface area contributed by atoms with Crippen LogP contribution in [0, 0.1) is 0 Å². The maximum atomic E-state index is 12.3. The smallest absolute Gasteiger partial charge is 0.466 e. The van der Waals surface area contributed by atoms with Gasteiger partial charge >= 0.3 is 12.3 Å². The number of hydrogen-bond acceptors (Lipinski definition) is 5. The molecule has 8 heteroatoms. The van der Waals surface area contributed by atoms with E-state index in [4.69, 9.17) is 10.5 Å². The number of benzene rings is 1. The highest BCUT2D eigenvalue weighted by molar-refractivity contribution is 7.15. The summed E-state index contributed by atoms with van der Waals surface area (Å²) in [6.45, 7) is 2.00. The molecule has 0 radical (unpaired) electrons. The van der Waals surface area contributed by atoms with Crippen LogP contribution in [0.25, 0.3) is 10.4 Å². The molecule has 0 amide bonds. The second-order valence-corrected chi connectivity index (χ2v) is 6.01. The number of carbonyl (C=O) groups excluding carboxylic acids is 1. The minimum absolute atomic E-state index is 0.0466. The van der Waals surface area contributed by atoms with Crippen molar-refractivity contribution in [3.05, 3.63) is 41.3 Å². The molecule has 0 aliphatic heterocycles. The Morgan fingerprint density at radius 1 is 1.29 bits per heavy atom. The molecule has 0 saturated heterocycles. The number of halogens is 3. The molecular weight excluding hydrogens is 343 g/mol. The van der Waals surface area contributed by atoms with Gasteiger partial charge in [0.05, 0.1) is 13.0 Å². The monoisotopic (exact) mass is 359 g/mol. The highest BCUT2D eigenvalue weighted by Gasteiger charge is 2.31. The van der Waals surface area contributed by atoms with Crippen molar-refractivity contribution in [3.8, 4) is 16.2 Å². The summed E-state index contributed by atoms with van der Waals surface area (Å²) in [7, 11) is 0. The Morgan fingerprint density at radius 2 is 2.04 bits per heavy atom. The molecule has 0 aliphatic carbocycles. The molecule has 0 saturated carbocycles. The van der Waals surface area contributed by atoms with Gasteiger partial charge in [-0.2, -0.15) is 0 Å². The zero-order valence-electron chi connectivity index (χ0n) is 12.8. The lowest BCUT2D eigenvalue weighted by atomic mass is 10.1. The molecule has 2 rings (SSSR count). The number of esters is 1. The summed E-state index contributed by atoms with van der Waals surface area (Å²) < 4.78 is 45.6. The Balaban J connectivity index is 2.13. The third-order valence-corrected chi connectivity index (χ3v) is 4.30. The van der Waals surface area contributed by atoms with Gasteiger partial charge in [-0.05, 0) is 36.8 Å². The van der Waals surface area contributed by atoms with Gasteiger partial charge in [0.25, 0.3) is 0 Å². The number of nitrogens with two attached hydrogens (primary N) is 1. The van der Waals surface area contributed by atoms with Gasteiger partial charge in [0, 0.05) is 15.8 Å². The van der Waals surface area contributed by atoms with Gasteiger partial charge in [-0.3, -0.25) is 4.79 Å². The largest absolute Gasteiger partial charge is 0.573 e. The van der Waals surface area contributed by atoms with Gasteiger partial charge in [0.1, 0.15) is 5.75 Å². The second kappa shape index (κ2) is 7.67. The quantitative estimate of drug-likeness (QED) is 0.783. The van der Waals surface area contributed by atoms with Gasteiger partial charge in [0.15, 0.2) is 0 Å². The third kappa shape index (κ3) is 5.24. The molecular formula is C16H16F3NO3S. The van der Waals surface area contributed by atoms with Crippen molar-refractivity contribution >= 4 is 17.3 Å². The van der Waals surface area contributed by atoms with E-state index < -0.39 is 12.4 Å². The molecule has 0 fully saturated rings. The average molecular weight is 359 g/mol. The van der Waals surface area contributed by atoms with Crippen LogP contribution in [0.5, 0.6) is 5.75 Å². The zero-order valence-corrected chi connectivity index (χ0v) is 13.6. The van der Waals surface area contributed by atoms with Crippen LogP contribution < -0.4 is 10.5 Å². The third-order valence-electron chi connectivity index (χ3n) is 3.04. The van der Waals surface area contributed by atoms with Crippen molar-refractivity contribution in [2.45, 2.75) is 25.7 Å². The molecule has 0 bridgehead atoms. The van der Waals surface area contributed by atoms with Gasteiger partial charge in [-0.25, -0.2) is 0 Å². The molecule has 130 valence electrons. The molecule has 0 spiro atoms. The lowest BCUT2D eigenvalue weighted by Crippen LogP contribution is -2.17. The summed E-state index contributed by atoms with van der Waals surface area (Å²) in [5.74, 6) is -0.675. The van der Waals surface area contributed by atoms with Crippen LogP contribution >= 0.6 is 11.3 Å². The minimum Gasteiger partial charge on any atom is -0.466 e. The normalized spacial score (nSPS) is 12.7. The van der Waals surface area contributed by atoms with E-state index in [1.807, 2.05) is 0 Å². The first-order valence-corrected chi connectivity index (χ1v) is 7.97. The van der Waals surface area contributed by atoms with Crippen LogP contribution in [-0.4, -0.2) is 18.9 Å². The number of carbonyl (C=O) groups is 1. The van der Waals surface area contributed by atoms with E-state index in [0.717, 1.165) is 9.75 Å². The molecule has 2 aromatic rings. The van der Waals surface area contributed by atoms with Gasteiger partial charge in [-0.1, -0.05) is 12.1 Å². The van der Waals surface area contributed by atoms with E-state index >= 15 is 0 Å². The fourth-order valence-electron chi connectivity index (χ4n) is 2.05. The first-order chi connectivity index (χ1) is 11.3. The average Bonchev–Trinajstić information content (AvgIpc) is 2.95. The Bertz CT molecular complexity index is 700. The number of rotatable bonds is 6. The molecule has 1 atom stereocenters. The van der Waals surface area contributed by atoms with Gasteiger partial charge in [-0.15, -0.1) is 24.5 Å². The van der Waals surface area contributed by atoms with E-state index in [9.17, 15) is 18.0 Å². The van der Waals surface area contributed by atoms with E-state index in [2.05, 4.69) is 4.74 Å². The summed E-state index contributed by atoms with van der Waals surface area (Å²) in [5.41, 5.74) is 6.55. The van der Waals surface area contributed by atoms with Crippen molar-refractivity contribution in [1.82, 2.24) is 0 Å². The highest BCUT2D eigenvalue weighted by atomic mass is 32.1. The number of ether oxygens (including phenoxy) is 2. The number of thiophene rings is 1. The Labute approximate surface area is 141 Å². The Kier molecular flexibility index (Phi) is 5.84. The van der Waals surface area contributed by atoms with E-state index in [1.165, 1.54) is 29.5 Å². The molecule has 2 N–H and O–H groups in total. The summed E-state index contributed by atoms with van der Waals surface area (Å²) >= 11 is 1.31. The van der Waals surface area contributed by atoms with E-state index in [-0.39, 0.29) is 24.7 Å². The maximum Gasteiger partial charge on any atom is 0.573 e. The summed E-state index contributed by atoms with van der Waals surface area (Å²) in [5, 5.41) is 0. The standard InChI is InChI=1S/C16H16F3NO3S/c1-2-22-15(21)9-12(20)14-7-6-13(24-14)10-4-3-5-11(8-10)23-16(17,18)19/h3-8,12H,2,9,20H2,1H3. The van der Waals surface area contributed by atoms with Crippen molar-refractivity contribution < 1.29 is 27.4 Å². The fraction of sp³-hybridized carbons (Fsp3) is 0.312. The molecule has 0 aliphatic rings. The summed E-state index contributed by atoms with van der Waals surface area (Å²) in [4.78, 5) is 12.9.